The highest BCUT2D eigenvalue weighted by Gasteiger charge is 2.71. The number of hydrogen-bond acceptors (Lipinski definition) is 6. The van der Waals surface area contributed by atoms with Gasteiger partial charge in [0, 0.05) is 45.5 Å². The van der Waals surface area contributed by atoms with Crippen molar-refractivity contribution in [3.63, 3.8) is 0 Å². The van der Waals surface area contributed by atoms with Crippen LogP contribution in [0.5, 0.6) is 0 Å². The summed E-state index contributed by atoms with van der Waals surface area (Å²) in [7, 11) is 0. The maximum Gasteiger partial charge on any atom is 0.270 e. The average Bonchev–Trinajstić information content (AvgIpc) is 3.43. The van der Waals surface area contributed by atoms with Gasteiger partial charge in [0.2, 0.25) is 0 Å². The third kappa shape index (κ3) is 3.36. The van der Waals surface area contributed by atoms with Crippen LogP contribution in [0.2, 0.25) is 5.02 Å². The smallest absolute Gasteiger partial charge is 0.270 e. The summed E-state index contributed by atoms with van der Waals surface area (Å²) in [6.45, 7) is 0. The number of para-hydroxylation sites is 1. The molecule has 2 heterocycles. The number of carbonyl (C=O) groups excluding carboxylic acids is 3. The normalized spacial score (nSPS) is 21.5. The lowest BCUT2D eigenvalue weighted by Crippen LogP contribution is -2.48. The fourth-order valence-electron chi connectivity index (χ4n) is 6.93. The first-order valence-corrected chi connectivity index (χ1v) is 13.5. The topological polar surface area (TPSA) is 97.6 Å². The molecule has 8 heteroatoms. The molecule has 4 aromatic rings. The minimum Gasteiger partial charge on any atom is -0.352 e. The van der Waals surface area contributed by atoms with Crippen LogP contribution in [0.25, 0.3) is 6.08 Å². The first kappa shape index (κ1) is 25.1. The van der Waals surface area contributed by atoms with Gasteiger partial charge in [-0.3, -0.25) is 24.5 Å². The second-order valence-corrected chi connectivity index (χ2v) is 10.9. The van der Waals surface area contributed by atoms with Crippen LogP contribution in [0.4, 0.5) is 11.4 Å². The van der Waals surface area contributed by atoms with Crippen molar-refractivity contribution in [2.24, 2.45) is 5.41 Å². The van der Waals surface area contributed by atoms with E-state index in [0.717, 1.165) is 5.56 Å². The Labute approximate surface area is 239 Å². The number of benzene rings is 4. The first-order chi connectivity index (χ1) is 19.9. The maximum atomic E-state index is 14.7. The number of hydrogen-bond donors (Lipinski definition) is 0. The second-order valence-electron chi connectivity index (χ2n) is 10.5. The van der Waals surface area contributed by atoms with Gasteiger partial charge in [-0.05, 0) is 23.3 Å². The zero-order valence-electron chi connectivity index (χ0n) is 21.4. The Morgan fingerprint density at radius 2 is 1.51 bits per heavy atom. The first-order valence-electron chi connectivity index (χ1n) is 13.1. The Morgan fingerprint density at radius 1 is 0.854 bits per heavy atom. The van der Waals surface area contributed by atoms with Crippen LogP contribution in [0, 0.1) is 15.5 Å². The number of anilines is 1. The molecule has 0 unspecified atom stereocenters. The number of rotatable bonds is 4. The number of non-ortho nitro benzene ring substituents is 1. The maximum absolute atomic E-state index is 14.7. The minimum atomic E-state index is -1.69. The highest BCUT2D eigenvalue weighted by Crippen LogP contribution is 2.61. The van der Waals surface area contributed by atoms with Crippen molar-refractivity contribution in [3.05, 3.63) is 146 Å². The van der Waals surface area contributed by atoms with Crippen LogP contribution in [-0.4, -0.2) is 34.4 Å². The number of halogens is 1. The monoisotopic (exact) mass is 560 g/mol. The molecule has 0 bridgehead atoms. The summed E-state index contributed by atoms with van der Waals surface area (Å²) in [5.41, 5.74) is 0.816. The zero-order chi connectivity index (χ0) is 28.5. The second kappa shape index (κ2) is 9.08. The van der Waals surface area contributed by atoms with E-state index in [0.29, 0.717) is 27.4 Å². The standard InChI is InChI=1S/C33H21ClN2O5/c34-25-14-5-4-13-24(25)28-29(30(37)20-9-7-10-21(18-20)36(40)41)35-26-15-6-1-8-19(26)16-17-27(35)33(28)31(38)22-11-2-3-12-23(22)32(33)39/h1-18,27-29H/t27-,28+,29-/m1/s1. The van der Waals surface area contributed by atoms with Gasteiger partial charge in [0.1, 0.15) is 11.5 Å². The van der Waals surface area contributed by atoms with E-state index in [1.165, 1.54) is 24.3 Å². The van der Waals surface area contributed by atoms with Crippen LogP contribution in [0.3, 0.4) is 0 Å². The molecule has 41 heavy (non-hydrogen) atoms. The molecule has 2 aliphatic heterocycles. The molecule has 1 aliphatic carbocycles. The van der Waals surface area contributed by atoms with E-state index in [2.05, 4.69) is 0 Å². The van der Waals surface area contributed by atoms with E-state index in [-0.39, 0.29) is 22.8 Å². The highest BCUT2D eigenvalue weighted by molar-refractivity contribution is 6.34. The average molecular weight is 561 g/mol. The summed E-state index contributed by atoms with van der Waals surface area (Å²) in [5, 5.41) is 11.9. The van der Waals surface area contributed by atoms with Gasteiger partial charge < -0.3 is 4.90 Å². The lowest BCUT2D eigenvalue weighted by atomic mass is 9.64. The van der Waals surface area contributed by atoms with Gasteiger partial charge in [0.15, 0.2) is 17.3 Å². The molecular formula is C33H21ClN2O5. The van der Waals surface area contributed by atoms with E-state index in [4.69, 9.17) is 11.6 Å². The van der Waals surface area contributed by atoms with E-state index >= 15 is 0 Å². The van der Waals surface area contributed by atoms with Crippen LogP contribution < -0.4 is 4.90 Å². The van der Waals surface area contributed by atoms with Crippen molar-refractivity contribution in [1.29, 1.82) is 0 Å². The van der Waals surface area contributed by atoms with Crippen molar-refractivity contribution in [1.82, 2.24) is 0 Å². The molecule has 0 N–H and O–H groups in total. The summed E-state index contributed by atoms with van der Waals surface area (Å²) < 4.78 is 0. The summed E-state index contributed by atoms with van der Waals surface area (Å²) >= 11 is 6.79. The summed E-state index contributed by atoms with van der Waals surface area (Å²) in [6.07, 6.45) is 3.71. The number of carbonyl (C=O) groups is 3. The van der Waals surface area contributed by atoms with E-state index in [9.17, 15) is 24.5 Å². The van der Waals surface area contributed by atoms with E-state index in [1.807, 2.05) is 41.3 Å². The lowest BCUT2D eigenvalue weighted by Gasteiger charge is -2.37. The number of nitro groups is 1. The van der Waals surface area contributed by atoms with Crippen LogP contribution in [-0.2, 0) is 0 Å². The Bertz CT molecular complexity index is 1810. The number of ketones is 3. The molecule has 1 fully saturated rings. The molecule has 3 aliphatic rings. The predicted octanol–water partition coefficient (Wildman–Crippen LogP) is 6.56. The van der Waals surface area contributed by atoms with Crippen molar-refractivity contribution < 1.29 is 19.3 Å². The zero-order valence-corrected chi connectivity index (χ0v) is 22.2. The van der Waals surface area contributed by atoms with Gasteiger partial charge in [-0.25, -0.2) is 0 Å². The number of Topliss-reactive ketones (excluding diaryl/α,β-unsaturated/α-hetero) is 3. The third-order valence-electron chi connectivity index (χ3n) is 8.56. The molecular weight excluding hydrogens is 540 g/mol. The summed E-state index contributed by atoms with van der Waals surface area (Å²) in [4.78, 5) is 56.8. The van der Waals surface area contributed by atoms with Gasteiger partial charge >= 0.3 is 0 Å². The van der Waals surface area contributed by atoms with Crippen molar-refractivity contribution in [2.45, 2.75) is 18.0 Å². The molecule has 0 saturated carbocycles. The van der Waals surface area contributed by atoms with Gasteiger partial charge in [-0.15, -0.1) is 0 Å². The van der Waals surface area contributed by atoms with Gasteiger partial charge in [-0.2, -0.15) is 0 Å². The van der Waals surface area contributed by atoms with E-state index < -0.39 is 34.1 Å². The number of nitro benzene ring substituents is 1. The minimum absolute atomic E-state index is 0.111. The van der Waals surface area contributed by atoms with Gasteiger partial charge in [-0.1, -0.05) is 96.5 Å². The van der Waals surface area contributed by atoms with Crippen LogP contribution >= 0.6 is 11.6 Å². The Kier molecular flexibility index (Phi) is 5.56. The van der Waals surface area contributed by atoms with Crippen molar-refractivity contribution in [2.75, 3.05) is 4.90 Å². The Hall–Kier alpha value is -4.88. The number of nitrogens with zero attached hydrogens (tertiary/aromatic N) is 2. The third-order valence-corrected chi connectivity index (χ3v) is 8.91. The SMILES string of the molecule is O=C(c1cccc([N+](=O)[O-])c1)[C@H]1[C@H](c2ccccc2Cl)C2(C(=O)c3ccccc3C2=O)[C@H]2C=Cc3ccccc3N12. The molecule has 7 nitrogen and oxygen atoms in total. The van der Waals surface area contributed by atoms with Crippen LogP contribution in [0.15, 0.2) is 103 Å². The largest absolute Gasteiger partial charge is 0.352 e. The predicted molar refractivity (Wildman–Crippen MR) is 155 cm³/mol. The highest BCUT2D eigenvalue weighted by atomic mass is 35.5. The lowest BCUT2D eigenvalue weighted by molar-refractivity contribution is -0.384. The molecule has 7 rings (SSSR count). The fourth-order valence-corrected chi connectivity index (χ4v) is 7.18. The molecule has 3 atom stereocenters. The summed E-state index contributed by atoms with van der Waals surface area (Å²) in [5.74, 6) is -2.16. The van der Waals surface area contributed by atoms with Gasteiger partial charge in [0.05, 0.1) is 11.0 Å². The molecule has 0 aromatic heterocycles. The summed E-state index contributed by atoms with van der Waals surface area (Å²) in [6, 6.07) is 24.8. The molecule has 0 radical (unpaired) electrons. The van der Waals surface area contributed by atoms with E-state index in [1.54, 1.807) is 48.5 Å². The fraction of sp³-hybridized carbons (Fsp3) is 0.121. The van der Waals surface area contributed by atoms with Crippen molar-refractivity contribution >= 4 is 46.4 Å². The van der Waals surface area contributed by atoms with Crippen LogP contribution in [0.1, 0.15) is 48.1 Å². The molecule has 4 aromatic carbocycles. The van der Waals surface area contributed by atoms with Gasteiger partial charge in [0.25, 0.3) is 5.69 Å². The Balaban J connectivity index is 1.55. The molecule has 200 valence electrons. The molecule has 0 amide bonds. The number of fused-ring (bicyclic) bond motifs is 5. The quantitative estimate of drug-likeness (QED) is 0.121. The van der Waals surface area contributed by atoms with Crippen molar-refractivity contribution in [3.8, 4) is 0 Å². The molecule has 1 spiro atoms. The Morgan fingerprint density at radius 3 is 2.22 bits per heavy atom. The molecule has 1 saturated heterocycles.